The second-order valence-corrected chi connectivity index (χ2v) is 5.15. The van der Waals surface area contributed by atoms with Gasteiger partial charge >= 0.3 is 5.97 Å². The van der Waals surface area contributed by atoms with Crippen molar-refractivity contribution in [3.8, 4) is 11.5 Å². The average molecular weight is 300 g/mol. The van der Waals surface area contributed by atoms with Crippen molar-refractivity contribution in [2.45, 2.75) is 20.3 Å². The Hall–Kier alpha value is -2.49. The highest BCUT2D eigenvalue weighted by Gasteiger charge is 2.07. The number of rotatable bonds is 7. The molecule has 1 N–H and O–H groups in total. The zero-order valence-corrected chi connectivity index (χ0v) is 12.8. The van der Waals surface area contributed by atoms with Crippen molar-refractivity contribution >= 4 is 5.97 Å². The van der Waals surface area contributed by atoms with E-state index in [4.69, 9.17) is 14.6 Å². The maximum absolute atomic E-state index is 10.9. The molecule has 0 fully saturated rings. The van der Waals surface area contributed by atoms with Gasteiger partial charge in [0.15, 0.2) is 0 Å². The lowest BCUT2D eigenvalue weighted by Crippen LogP contribution is -2.06. The highest BCUT2D eigenvalue weighted by molar-refractivity contribution is 5.88. The van der Waals surface area contributed by atoms with Crippen LogP contribution in [0.15, 0.2) is 42.5 Å². The first-order valence-corrected chi connectivity index (χ1v) is 7.22. The van der Waals surface area contributed by atoms with Gasteiger partial charge < -0.3 is 14.6 Å². The normalized spacial score (nSPS) is 10.3. The minimum Gasteiger partial charge on any atom is -0.493 e. The lowest BCUT2D eigenvalue weighted by Gasteiger charge is -2.10. The smallest absolute Gasteiger partial charge is 0.335 e. The molecule has 0 amide bonds. The molecule has 2 aromatic carbocycles. The molecule has 2 aromatic rings. The van der Waals surface area contributed by atoms with E-state index in [2.05, 4.69) is 0 Å². The highest BCUT2D eigenvalue weighted by atomic mass is 16.5. The molecule has 22 heavy (non-hydrogen) atoms. The van der Waals surface area contributed by atoms with Crippen molar-refractivity contribution in [3.05, 3.63) is 59.2 Å². The monoisotopic (exact) mass is 300 g/mol. The van der Waals surface area contributed by atoms with E-state index in [0.717, 1.165) is 17.7 Å². The van der Waals surface area contributed by atoms with Crippen molar-refractivity contribution in [1.29, 1.82) is 0 Å². The number of aryl methyl sites for hydroxylation is 2. The van der Waals surface area contributed by atoms with Crippen molar-refractivity contribution < 1.29 is 19.4 Å². The summed E-state index contributed by atoms with van der Waals surface area (Å²) >= 11 is 0. The Balaban J connectivity index is 1.78. The van der Waals surface area contributed by atoms with Crippen LogP contribution in [0.1, 0.15) is 27.9 Å². The molecule has 0 saturated carbocycles. The average Bonchev–Trinajstić information content (AvgIpc) is 2.50. The fraction of sp³-hybridized carbons (Fsp3) is 0.278. The molecule has 4 nitrogen and oxygen atoms in total. The summed E-state index contributed by atoms with van der Waals surface area (Å²) in [6.07, 6.45) is 0.727. The molecule has 0 heterocycles. The van der Waals surface area contributed by atoms with Gasteiger partial charge in [0.2, 0.25) is 0 Å². The molecule has 0 bridgehead atoms. The van der Waals surface area contributed by atoms with Crippen LogP contribution in [0, 0.1) is 13.8 Å². The molecule has 116 valence electrons. The van der Waals surface area contributed by atoms with Crippen LogP contribution in [0.2, 0.25) is 0 Å². The van der Waals surface area contributed by atoms with E-state index in [1.165, 1.54) is 5.56 Å². The molecule has 0 saturated heterocycles. The third-order valence-electron chi connectivity index (χ3n) is 3.27. The summed E-state index contributed by atoms with van der Waals surface area (Å²) < 4.78 is 11.3. The lowest BCUT2D eigenvalue weighted by molar-refractivity contribution is 0.0696. The first kappa shape index (κ1) is 15.9. The van der Waals surface area contributed by atoms with Crippen molar-refractivity contribution in [2.75, 3.05) is 13.2 Å². The van der Waals surface area contributed by atoms with Crippen LogP contribution in [0.5, 0.6) is 11.5 Å². The number of carbonyl (C=O) groups is 1. The molecule has 0 aliphatic carbocycles. The third kappa shape index (κ3) is 4.52. The van der Waals surface area contributed by atoms with Crippen LogP contribution in [-0.2, 0) is 0 Å². The van der Waals surface area contributed by atoms with Gasteiger partial charge in [-0.1, -0.05) is 23.8 Å². The highest BCUT2D eigenvalue weighted by Crippen LogP contribution is 2.20. The molecular formula is C18H20O4. The lowest BCUT2D eigenvalue weighted by atomic mass is 10.1. The van der Waals surface area contributed by atoms with Crippen molar-refractivity contribution in [3.63, 3.8) is 0 Å². The zero-order chi connectivity index (χ0) is 15.9. The molecule has 0 aromatic heterocycles. The molecule has 0 aliphatic rings. The maximum atomic E-state index is 10.9. The largest absolute Gasteiger partial charge is 0.493 e. The standard InChI is InChI=1S/C18H20O4/c1-13-4-8-16(9-5-13)21-10-3-11-22-17-12-15(18(19)20)7-6-14(17)2/h4-9,12H,3,10-11H2,1-2H3,(H,19,20). The van der Waals surface area contributed by atoms with Gasteiger partial charge in [-0.15, -0.1) is 0 Å². The summed E-state index contributed by atoms with van der Waals surface area (Å²) in [4.78, 5) is 10.9. The molecule has 4 heteroatoms. The first-order valence-electron chi connectivity index (χ1n) is 7.22. The summed E-state index contributed by atoms with van der Waals surface area (Å²) in [5.41, 5.74) is 2.35. The quantitative estimate of drug-likeness (QED) is 0.789. The molecular weight excluding hydrogens is 280 g/mol. The van der Waals surface area contributed by atoms with E-state index in [0.29, 0.717) is 19.0 Å². The van der Waals surface area contributed by atoms with Crippen LogP contribution < -0.4 is 9.47 Å². The Labute approximate surface area is 130 Å². The minimum absolute atomic E-state index is 0.233. The van der Waals surface area contributed by atoms with Crippen molar-refractivity contribution in [2.24, 2.45) is 0 Å². The number of carboxylic acids is 1. The number of ether oxygens (including phenoxy) is 2. The van der Waals surface area contributed by atoms with Crippen LogP contribution in [0.3, 0.4) is 0 Å². The van der Waals surface area contributed by atoms with E-state index in [9.17, 15) is 4.79 Å². The van der Waals surface area contributed by atoms with E-state index < -0.39 is 5.97 Å². The Kier molecular flexibility index (Phi) is 5.42. The second-order valence-electron chi connectivity index (χ2n) is 5.15. The van der Waals surface area contributed by atoms with Gasteiger partial charge in [0, 0.05) is 6.42 Å². The Morgan fingerprint density at radius 2 is 1.68 bits per heavy atom. The van der Waals surface area contributed by atoms with Gasteiger partial charge in [-0.2, -0.15) is 0 Å². The minimum atomic E-state index is -0.951. The van der Waals surface area contributed by atoms with Gasteiger partial charge in [0.1, 0.15) is 11.5 Å². The van der Waals surface area contributed by atoms with Crippen LogP contribution in [0.4, 0.5) is 0 Å². The summed E-state index contributed by atoms with van der Waals surface area (Å²) in [6.45, 7) is 4.96. The van der Waals surface area contributed by atoms with Gasteiger partial charge in [0.25, 0.3) is 0 Å². The van der Waals surface area contributed by atoms with Crippen LogP contribution in [0.25, 0.3) is 0 Å². The summed E-state index contributed by atoms with van der Waals surface area (Å²) in [5.74, 6) is 0.498. The SMILES string of the molecule is Cc1ccc(OCCCOc2cc(C(=O)O)ccc2C)cc1. The number of aromatic carboxylic acids is 1. The zero-order valence-electron chi connectivity index (χ0n) is 12.8. The summed E-state index contributed by atoms with van der Waals surface area (Å²) in [5, 5.41) is 8.98. The predicted molar refractivity (Wildman–Crippen MR) is 84.9 cm³/mol. The van der Waals surface area contributed by atoms with Crippen LogP contribution in [-0.4, -0.2) is 24.3 Å². The molecule has 0 radical (unpaired) electrons. The van der Waals surface area contributed by atoms with E-state index in [1.807, 2.05) is 38.1 Å². The van der Waals surface area contributed by atoms with Gasteiger partial charge in [-0.3, -0.25) is 0 Å². The molecule has 0 spiro atoms. The van der Waals surface area contributed by atoms with Gasteiger partial charge in [-0.05, 0) is 43.7 Å². The number of hydrogen-bond acceptors (Lipinski definition) is 3. The maximum Gasteiger partial charge on any atom is 0.335 e. The molecule has 2 rings (SSSR count). The fourth-order valence-electron chi connectivity index (χ4n) is 1.95. The Morgan fingerprint density at radius 3 is 2.36 bits per heavy atom. The summed E-state index contributed by atoms with van der Waals surface area (Å²) in [6, 6.07) is 12.8. The molecule has 0 unspecified atom stereocenters. The fourth-order valence-corrected chi connectivity index (χ4v) is 1.95. The molecule has 0 aliphatic heterocycles. The second kappa shape index (κ2) is 7.50. The number of carboxylic acid groups (broad SMARTS) is 1. The van der Waals surface area contributed by atoms with E-state index in [1.54, 1.807) is 18.2 Å². The first-order chi connectivity index (χ1) is 10.6. The van der Waals surface area contributed by atoms with E-state index in [-0.39, 0.29) is 5.56 Å². The third-order valence-corrected chi connectivity index (χ3v) is 3.27. The summed E-state index contributed by atoms with van der Waals surface area (Å²) in [7, 11) is 0. The predicted octanol–water partition coefficient (Wildman–Crippen LogP) is 3.85. The Bertz CT molecular complexity index is 632. The van der Waals surface area contributed by atoms with Gasteiger partial charge in [0.05, 0.1) is 18.8 Å². The van der Waals surface area contributed by atoms with Gasteiger partial charge in [-0.25, -0.2) is 4.79 Å². The van der Waals surface area contributed by atoms with E-state index >= 15 is 0 Å². The van der Waals surface area contributed by atoms with Crippen molar-refractivity contribution in [1.82, 2.24) is 0 Å². The molecule has 0 atom stereocenters. The van der Waals surface area contributed by atoms with Crippen LogP contribution >= 0.6 is 0 Å². The number of hydrogen-bond donors (Lipinski definition) is 1. The topological polar surface area (TPSA) is 55.8 Å². The number of benzene rings is 2. The Morgan fingerprint density at radius 1 is 1.00 bits per heavy atom.